The van der Waals surface area contributed by atoms with Gasteiger partial charge in [0.25, 0.3) is 5.91 Å². The molecule has 2 aromatic rings. The van der Waals surface area contributed by atoms with Crippen LogP contribution in [0.5, 0.6) is 0 Å². The number of benzene rings is 1. The van der Waals surface area contributed by atoms with Gasteiger partial charge in [-0.25, -0.2) is 14.4 Å². The number of nitrogens with zero attached hydrogens (tertiary/aromatic N) is 4. The summed E-state index contributed by atoms with van der Waals surface area (Å²) in [6.07, 6.45) is 1.87. The van der Waals surface area contributed by atoms with E-state index in [0.717, 1.165) is 4.47 Å². The molecule has 136 valence electrons. The van der Waals surface area contributed by atoms with Gasteiger partial charge in [-0.15, -0.1) is 0 Å². The molecule has 0 bridgehead atoms. The molecule has 2 atom stereocenters. The van der Waals surface area contributed by atoms with Gasteiger partial charge in [0, 0.05) is 22.0 Å². The van der Waals surface area contributed by atoms with Crippen molar-refractivity contribution in [2.24, 2.45) is 0 Å². The molecular formula is C18H13BrFN5O2. The van der Waals surface area contributed by atoms with Crippen molar-refractivity contribution in [1.29, 1.82) is 5.26 Å². The maximum absolute atomic E-state index is 14.2. The molecule has 1 aromatic heterocycles. The maximum atomic E-state index is 14.2. The Bertz CT molecular complexity index is 990. The topological polar surface area (TPSA) is 99.0 Å². The van der Waals surface area contributed by atoms with Crippen LogP contribution in [-0.2, 0) is 10.2 Å². The van der Waals surface area contributed by atoms with Crippen LogP contribution in [-0.4, -0.2) is 45.9 Å². The molecule has 1 N–H and O–H groups in total. The molecule has 1 aromatic carbocycles. The monoisotopic (exact) mass is 429 g/mol. The van der Waals surface area contributed by atoms with Gasteiger partial charge in [0.1, 0.15) is 18.8 Å². The van der Waals surface area contributed by atoms with E-state index in [9.17, 15) is 14.0 Å². The quantitative estimate of drug-likeness (QED) is 0.805. The zero-order valence-electron chi connectivity index (χ0n) is 13.9. The minimum atomic E-state index is -1.04. The Hall–Kier alpha value is -2.86. The van der Waals surface area contributed by atoms with Gasteiger partial charge in [-0.3, -0.25) is 14.9 Å². The number of hydrogen-bond donors (Lipinski definition) is 1. The SMILES string of the molecule is N#Cc1cnc(NC(=O)CN2C[C@@]3(C[C@H]3F)c3cc(Br)ccc3C2=O)nc1. The van der Waals surface area contributed by atoms with Crippen LogP contribution >= 0.6 is 15.9 Å². The highest BCUT2D eigenvalue weighted by Crippen LogP contribution is 2.54. The highest BCUT2D eigenvalue weighted by atomic mass is 79.9. The molecule has 2 amide bonds. The molecule has 2 heterocycles. The van der Waals surface area contributed by atoms with E-state index < -0.39 is 17.5 Å². The van der Waals surface area contributed by atoms with Crippen molar-refractivity contribution in [3.8, 4) is 6.07 Å². The summed E-state index contributed by atoms with van der Waals surface area (Å²) in [5.74, 6) is -0.754. The molecule has 27 heavy (non-hydrogen) atoms. The molecule has 1 aliphatic carbocycles. The van der Waals surface area contributed by atoms with Gasteiger partial charge >= 0.3 is 0 Å². The van der Waals surface area contributed by atoms with Gasteiger partial charge in [-0.05, 0) is 30.2 Å². The number of anilines is 1. The zero-order valence-corrected chi connectivity index (χ0v) is 15.5. The normalized spacial score (nSPS) is 22.9. The van der Waals surface area contributed by atoms with Gasteiger partial charge < -0.3 is 4.90 Å². The van der Waals surface area contributed by atoms with E-state index in [0.29, 0.717) is 17.5 Å². The number of rotatable bonds is 3. The molecule has 4 rings (SSSR count). The van der Waals surface area contributed by atoms with Gasteiger partial charge in [0.2, 0.25) is 11.9 Å². The van der Waals surface area contributed by atoms with E-state index in [2.05, 4.69) is 31.2 Å². The summed E-state index contributed by atoms with van der Waals surface area (Å²) in [6, 6.07) is 7.05. The van der Waals surface area contributed by atoms with Crippen molar-refractivity contribution >= 4 is 33.7 Å². The van der Waals surface area contributed by atoms with Crippen LogP contribution in [0.25, 0.3) is 0 Å². The highest BCUT2D eigenvalue weighted by molar-refractivity contribution is 9.10. The number of nitrogens with one attached hydrogen (secondary N) is 1. The molecule has 1 spiro atoms. The molecule has 9 heteroatoms. The Balaban J connectivity index is 1.52. The summed E-state index contributed by atoms with van der Waals surface area (Å²) in [5.41, 5.74) is 0.651. The lowest BCUT2D eigenvalue weighted by Crippen LogP contribution is -2.47. The molecule has 0 radical (unpaired) electrons. The molecular weight excluding hydrogens is 417 g/mol. The van der Waals surface area contributed by atoms with Crippen molar-refractivity contribution in [2.45, 2.75) is 18.0 Å². The number of alkyl halides is 1. The Labute approximate surface area is 162 Å². The van der Waals surface area contributed by atoms with E-state index in [1.807, 2.05) is 6.07 Å². The second-order valence-corrected chi connectivity index (χ2v) is 7.55. The summed E-state index contributed by atoms with van der Waals surface area (Å²) >= 11 is 3.37. The smallest absolute Gasteiger partial charge is 0.254 e. The van der Waals surface area contributed by atoms with Crippen LogP contribution in [0.3, 0.4) is 0 Å². The van der Waals surface area contributed by atoms with Gasteiger partial charge in [-0.2, -0.15) is 5.26 Å². The van der Waals surface area contributed by atoms with Crippen LogP contribution < -0.4 is 5.32 Å². The van der Waals surface area contributed by atoms with Crippen molar-refractivity contribution in [1.82, 2.24) is 14.9 Å². The number of halogens is 2. The largest absolute Gasteiger partial charge is 0.328 e. The lowest BCUT2D eigenvalue weighted by Gasteiger charge is -2.34. The summed E-state index contributed by atoms with van der Waals surface area (Å²) in [5, 5.41) is 11.2. The molecule has 1 aliphatic heterocycles. The third-order valence-electron chi connectivity index (χ3n) is 4.86. The fourth-order valence-corrected chi connectivity index (χ4v) is 3.76. The maximum Gasteiger partial charge on any atom is 0.254 e. The number of carbonyl (C=O) groups is 2. The van der Waals surface area contributed by atoms with Crippen molar-refractivity contribution in [3.63, 3.8) is 0 Å². The number of hydrogen-bond acceptors (Lipinski definition) is 5. The fourth-order valence-electron chi connectivity index (χ4n) is 3.40. The van der Waals surface area contributed by atoms with Crippen LogP contribution in [0.4, 0.5) is 10.3 Å². The summed E-state index contributed by atoms with van der Waals surface area (Å²) in [7, 11) is 0. The number of fused-ring (bicyclic) bond motifs is 2. The summed E-state index contributed by atoms with van der Waals surface area (Å²) < 4.78 is 15.0. The van der Waals surface area contributed by atoms with E-state index >= 15 is 0 Å². The van der Waals surface area contributed by atoms with E-state index in [4.69, 9.17) is 5.26 Å². The predicted molar refractivity (Wildman–Crippen MR) is 96.6 cm³/mol. The van der Waals surface area contributed by atoms with Crippen molar-refractivity contribution in [2.75, 3.05) is 18.4 Å². The zero-order chi connectivity index (χ0) is 19.2. The van der Waals surface area contributed by atoms with Gasteiger partial charge in [-0.1, -0.05) is 15.9 Å². The van der Waals surface area contributed by atoms with Gasteiger partial charge in [0.15, 0.2) is 0 Å². The van der Waals surface area contributed by atoms with Crippen LogP contribution in [0.15, 0.2) is 35.1 Å². The van der Waals surface area contributed by atoms with Crippen molar-refractivity contribution in [3.05, 3.63) is 51.8 Å². The predicted octanol–water partition coefficient (Wildman–Crippen LogP) is 2.18. The first-order valence-corrected chi connectivity index (χ1v) is 8.97. The molecule has 0 unspecified atom stereocenters. The van der Waals surface area contributed by atoms with E-state index in [1.54, 1.807) is 18.2 Å². The Morgan fingerprint density at radius 1 is 1.44 bits per heavy atom. The van der Waals surface area contributed by atoms with E-state index in [-0.39, 0.29) is 30.5 Å². The van der Waals surface area contributed by atoms with Crippen LogP contribution in [0.1, 0.15) is 27.9 Å². The average molecular weight is 430 g/mol. The average Bonchev–Trinajstić information content (AvgIpc) is 3.30. The molecule has 2 aliphatic rings. The minimum Gasteiger partial charge on any atom is -0.328 e. The van der Waals surface area contributed by atoms with Crippen molar-refractivity contribution < 1.29 is 14.0 Å². The highest BCUT2D eigenvalue weighted by Gasteiger charge is 2.61. The number of amides is 2. The van der Waals surface area contributed by atoms with Crippen LogP contribution in [0.2, 0.25) is 0 Å². The Morgan fingerprint density at radius 3 is 2.78 bits per heavy atom. The third-order valence-corrected chi connectivity index (χ3v) is 5.35. The molecule has 1 saturated carbocycles. The minimum absolute atomic E-state index is 0.0392. The summed E-state index contributed by atoms with van der Waals surface area (Å²) in [4.78, 5) is 34.2. The third kappa shape index (κ3) is 3.06. The fraction of sp³-hybridized carbons (Fsp3) is 0.278. The number of carbonyl (C=O) groups excluding carboxylic acids is 2. The standard InChI is InChI=1S/C18H13BrFN5O2/c19-11-1-2-12-13(3-11)18(4-14(18)20)9-25(16(12)27)8-15(26)24-17-22-6-10(5-21)7-23-17/h1-3,6-7,14H,4,8-9H2,(H,22,23,24,26)/t14-,18+/m1/s1. The summed E-state index contributed by atoms with van der Waals surface area (Å²) in [6.45, 7) is -0.0791. The second-order valence-electron chi connectivity index (χ2n) is 6.63. The molecule has 7 nitrogen and oxygen atoms in total. The Morgan fingerprint density at radius 2 is 2.15 bits per heavy atom. The lowest BCUT2D eigenvalue weighted by molar-refractivity contribution is -0.117. The Kier molecular flexibility index (Phi) is 4.15. The van der Waals surface area contributed by atoms with E-state index in [1.165, 1.54) is 17.3 Å². The molecule has 1 fully saturated rings. The number of nitriles is 1. The first-order valence-electron chi connectivity index (χ1n) is 8.18. The molecule has 0 saturated heterocycles. The second kappa shape index (κ2) is 6.39. The first kappa shape index (κ1) is 17.5. The number of aromatic nitrogens is 2. The lowest BCUT2D eigenvalue weighted by atomic mass is 9.86. The van der Waals surface area contributed by atoms with Gasteiger partial charge in [0.05, 0.1) is 18.0 Å². The van der Waals surface area contributed by atoms with Crippen LogP contribution in [0, 0.1) is 11.3 Å². The first-order chi connectivity index (χ1) is 12.9.